The van der Waals surface area contributed by atoms with Crippen LogP contribution in [0, 0.1) is 13.8 Å². The summed E-state index contributed by atoms with van der Waals surface area (Å²) in [5.74, 6) is 0.564. The Balaban J connectivity index is 1.50. The molecule has 1 N–H and O–H groups in total. The number of nitrogens with one attached hydrogen (secondary N) is 1. The number of carbonyl (C=O) groups excluding carboxylic acids is 2. The Kier molecular flexibility index (Phi) is 4.92. The molecule has 0 bridgehead atoms. The van der Waals surface area contributed by atoms with Crippen molar-refractivity contribution in [3.8, 4) is 11.4 Å². The maximum Gasteiger partial charge on any atom is 0.262 e. The van der Waals surface area contributed by atoms with Gasteiger partial charge in [0.05, 0.1) is 17.1 Å². The number of benzene rings is 2. The van der Waals surface area contributed by atoms with E-state index in [1.807, 2.05) is 10.8 Å². The fraction of sp³-hybridized carbons (Fsp3) is 0.190. The van der Waals surface area contributed by atoms with Crippen LogP contribution in [0.15, 0.2) is 53.9 Å². The molecule has 2 aromatic carbocycles. The normalized spacial score (nSPS) is 12.9. The second-order valence-electron chi connectivity index (χ2n) is 6.63. The van der Waals surface area contributed by atoms with E-state index >= 15 is 0 Å². The van der Waals surface area contributed by atoms with E-state index in [-0.39, 0.29) is 24.1 Å². The number of thioether (sulfide) groups is 1. The van der Waals surface area contributed by atoms with Crippen molar-refractivity contribution in [1.29, 1.82) is 0 Å². The number of imidazole rings is 1. The van der Waals surface area contributed by atoms with Gasteiger partial charge in [-0.15, -0.1) is 0 Å². The number of Topliss-reactive ketones (excluding diaryl/α,β-unsaturated/α-hetero) is 1. The summed E-state index contributed by atoms with van der Waals surface area (Å²) in [6, 6.07) is 11.3. The van der Waals surface area contributed by atoms with Crippen molar-refractivity contribution >= 4 is 29.1 Å². The Morgan fingerprint density at radius 3 is 2.93 bits per heavy atom. The minimum absolute atomic E-state index is 0.00275. The Bertz CT molecular complexity index is 1070. The average molecular weight is 393 g/mol. The molecular formula is C21H19N3O3S. The Morgan fingerprint density at radius 2 is 2.11 bits per heavy atom. The predicted molar refractivity (Wildman–Crippen MR) is 109 cm³/mol. The highest BCUT2D eigenvalue weighted by molar-refractivity contribution is 7.99. The average Bonchev–Trinajstić information content (AvgIpc) is 3.13. The lowest BCUT2D eigenvalue weighted by molar-refractivity contribution is -0.118. The van der Waals surface area contributed by atoms with Gasteiger partial charge >= 0.3 is 0 Å². The van der Waals surface area contributed by atoms with Crippen LogP contribution in [0.3, 0.4) is 0 Å². The van der Waals surface area contributed by atoms with Crippen LogP contribution >= 0.6 is 11.8 Å². The lowest BCUT2D eigenvalue weighted by Crippen LogP contribution is -2.25. The molecule has 6 nitrogen and oxygen atoms in total. The number of fused-ring (bicyclic) bond motifs is 1. The Labute approximate surface area is 166 Å². The van der Waals surface area contributed by atoms with E-state index in [0.29, 0.717) is 17.0 Å². The van der Waals surface area contributed by atoms with Crippen molar-refractivity contribution in [2.45, 2.75) is 19.0 Å². The van der Waals surface area contributed by atoms with Crippen LogP contribution in [-0.2, 0) is 4.79 Å². The predicted octanol–water partition coefficient (Wildman–Crippen LogP) is 3.80. The second kappa shape index (κ2) is 7.52. The number of amides is 1. The van der Waals surface area contributed by atoms with Crippen LogP contribution < -0.4 is 10.1 Å². The zero-order chi connectivity index (χ0) is 19.7. The summed E-state index contributed by atoms with van der Waals surface area (Å²) in [6.07, 6.45) is 3.63. The van der Waals surface area contributed by atoms with Gasteiger partial charge < -0.3 is 10.1 Å². The largest absolute Gasteiger partial charge is 0.482 e. The first-order valence-corrected chi connectivity index (χ1v) is 9.83. The smallest absolute Gasteiger partial charge is 0.262 e. The molecule has 0 atom stereocenters. The third kappa shape index (κ3) is 3.66. The molecule has 3 aromatic rings. The molecule has 2 heterocycles. The third-order valence-corrected chi connectivity index (χ3v) is 5.45. The lowest BCUT2D eigenvalue weighted by atomic mass is 10.1. The minimum atomic E-state index is -0.220. The molecule has 0 radical (unpaired) electrons. The summed E-state index contributed by atoms with van der Waals surface area (Å²) in [7, 11) is 0. The Morgan fingerprint density at radius 1 is 1.25 bits per heavy atom. The third-order valence-electron chi connectivity index (χ3n) is 4.49. The first-order chi connectivity index (χ1) is 13.5. The Hall–Kier alpha value is -3.06. The molecule has 0 saturated heterocycles. The second-order valence-corrected chi connectivity index (χ2v) is 7.57. The van der Waals surface area contributed by atoms with E-state index < -0.39 is 0 Å². The van der Waals surface area contributed by atoms with E-state index in [9.17, 15) is 9.59 Å². The van der Waals surface area contributed by atoms with Gasteiger partial charge in [-0.05, 0) is 43.7 Å². The first kappa shape index (κ1) is 18.3. The molecule has 1 aliphatic heterocycles. The number of ether oxygens (including phenoxy) is 1. The molecule has 28 heavy (non-hydrogen) atoms. The number of hydrogen-bond acceptors (Lipinski definition) is 5. The number of aromatic nitrogens is 2. The van der Waals surface area contributed by atoms with Gasteiger partial charge in [0.15, 0.2) is 17.5 Å². The number of anilines is 1. The molecule has 7 heteroatoms. The molecule has 142 valence electrons. The number of hydrogen-bond donors (Lipinski definition) is 1. The highest BCUT2D eigenvalue weighted by Crippen LogP contribution is 2.30. The molecule has 1 aliphatic rings. The maximum absolute atomic E-state index is 12.7. The van der Waals surface area contributed by atoms with E-state index in [1.165, 1.54) is 17.3 Å². The first-order valence-electron chi connectivity index (χ1n) is 8.85. The van der Waals surface area contributed by atoms with Crippen LogP contribution in [0.4, 0.5) is 5.69 Å². The molecule has 0 spiro atoms. The van der Waals surface area contributed by atoms with Gasteiger partial charge in [-0.25, -0.2) is 4.98 Å². The number of carbonyl (C=O) groups is 2. The topological polar surface area (TPSA) is 73.2 Å². The van der Waals surface area contributed by atoms with Gasteiger partial charge in [0.1, 0.15) is 5.75 Å². The standard InChI is InChI=1S/C21H19N3O3S/c1-13-3-5-17(14(2)9-13)24-8-7-22-21(24)28-12-18(25)15-4-6-19-16(10-15)23-20(26)11-27-19/h3-10H,11-12H2,1-2H3,(H,23,26). The van der Waals surface area contributed by atoms with Crippen molar-refractivity contribution in [2.75, 3.05) is 17.7 Å². The molecule has 4 rings (SSSR count). The fourth-order valence-corrected chi connectivity index (χ4v) is 3.99. The lowest BCUT2D eigenvalue weighted by Gasteiger charge is -2.18. The number of ketones is 1. The maximum atomic E-state index is 12.7. The summed E-state index contributed by atoms with van der Waals surface area (Å²) >= 11 is 1.39. The van der Waals surface area contributed by atoms with Gasteiger partial charge in [0.25, 0.3) is 5.91 Å². The molecule has 0 saturated carbocycles. The van der Waals surface area contributed by atoms with Gasteiger partial charge in [-0.3, -0.25) is 14.2 Å². The molecule has 0 unspecified atom stereocenters. The summed E-state index contributed by atoms with van der Waals surface area (Å²) in [5, 5.41) is 3.49. The van der Waals surface area contributed by atoms with E-state index in [4.69, 9.17) is 4.74 Å². The van der Waals surface area contributed by atoms with Gasteiger partial charge in [0.2, 0.25) is 0 Å². The SMILES string of the molecule is Cc1ccc(-n2ccnc2SCC(=O)c2ccc3c(c2)NC(=O)CO3)c(C)c1. The fourth-order valence-electron chi connectivity index (χ4n) is 3.13. The van der Waals surface area contributed by atoms with Crippen LogP contribution in [0.2, 0.25) is 0 Å². The zero-order valence-corrected chi connectivity index (χ0v) is 16.4. The van der Waals surface area contributed by atoms with Crippen LogP contribution in [0.1, 0.15) is 21.5 Å². The molecular weight excluding hydrogens is 374 g/mol. The summed E-state index contributed by atoms with van der Waals surface area (Å²) < 4.78 is 7.33. The van der Waals surface area contributed by atoms with Crippen LogP contribution in [0.5, 0.6) is 5.75 Å². The van der Waals surface area contributed by atoms with Crippen molar-refractivity contribution in [3.63, 3.8) is 0 Å². The van der Waals surface area contributed by atoms with Gasteiger partial charge in [-0.1, -0.05) is 29.5 Å². The quantitative estimate of drug-likeness (QED) is 0.527. The summed E-state index contributed by atoms with van der Waals surface area (Å²) in [5.41, 5.74) is 4.46. The van der Waals surface area contributed by atoms with E-state index in [1.54, 1.807) is 24.4 Å². The number of nitrogens with zero attached hydrogens (tertiary/aromatic N) is 2. The molecule has 1 aromatic heterocycles. The van der Waals surface area contributed by atoms with Crippen molar-refractivity contribution in [2.24, 2.45) is 0 Å². The van der Waals surface area contributed by atoms with Gasteiger partial charge in [0, 0.05) is 18.0 Å². The van der Waals surface area contributed by atoms with Crippen molar-refractivity contribution in [3.05, 3.63) is 65.5 Å². The summed E-state index contributed by atoms with van der Waals surface area (Å²) in [6.45, 7) is 4.12. The molecule has 1 amide bonds. The summed E-state index contributed by atoms with van der Waals surface area (Å²) in [4.78, 5) is 28.5. The van der Waals surface area contributed by atoms with E-state index in [2.05, 4.69) is 42.3 Å². The monoisotopic (exact) mass is 393 g/mol. The van der Waals surface area contributed by atoms with E-state index in [0.717, 1.165) is 16.4 Å². The number of aryl methyl sites for hydroxylation is 2. The van der Waals surface area contributed by atoms with Crippen molar-refractivity contribution in [1.82, 2.24) is 9.55 Å². The highest BCUT2D eigenvalue weighted by atomic mass is 32.2. The molecule has 0 aliphatic carbocycles. The van der Waals surface area contributed by atoms with Gasteiger partial charge in [-0.2, -0.15) is 0 Å². The van der Waals surface area contributed by atoms with Crippen LogP contribution in [0.25, 0.3) is 5.69 Å². The molecule has 0 fully saturated rings. The highest BCUT2D eigenvalue weighted by Gasteiger charge is 2.18. The minimum Gasteiger partial charge on any atom is -0.482 e. The zero-order valence-electron chi connectivity index (χ0n) is 15.6. The van der Waals surface area contributed by atoms with Crippen LogP contribution in [-0.4, -0.2) is 33.6 Å². The van der Waals surface area contributed by atoms with Crippen molar-refractivity contribution < 1.29 is 14.3 Å². The number of rotatable bonds is 5.